The summed E-state index contributed by atoms with van der Waals surface area (Å²) < 4.78 is 42.3. The standard InChI is InChI=1S/C18H32O16.C12H22O11.C5H11NO2/c19-1-5-8(22)11(25)13(27)16(31-5)30-3-7-9(23)12(26)14(28)17(32-7)34-18(4-21)15(29)10(24)6(2-20)33-18;13-1-4-6(16)8(18)9(19)11(21-4)23-12(3-15)10(20)7(17)5(2-14)22-12;1-6(2,3)4-5(7)8/h5-17,19-29H,1-4H2;4-11,13-20H,1-3H2;4H2,1-3H3/t5-,6-,7-,8+,9-,10-,11+,12+,13-,14-,15+,16+,17-,18+;4-,5-,6-,7-,8+,9-,10+,11-,12+;/m11./s1. The number of carbonyl (C=O) groups is 1. The number of carboxylic acids is 1. The van der Waals surface area contributed by atoms with Gasteiger partial charge in [-0.2, -0.15) is 0 Å². The molecule has 0 aromatic heterocycles. The maximum Gasteiger partial charge on any atom is 0.224 e. The van der Waals surface area contributed by atoms with Gasteiger partial charge in [0.2, 0.25) is 11.6 Å². The zero-order valence-corrected chi connectivity index (χ0v) is 35.3. The van der Waals surface area contributed by atoms with Gasteiger partial charge in [0.1, 0.15) is 130 Å². The molecule has 5 aliphatic heterocycles. The van der Waals surface area contributed by atoms with Crippen LogP contribution in [0.4, 0.5) is 0 Å². The number of carbonyl (C=O) groups excluding carboxylic acids is 1. The number of rotatable bonds is 15. The van der Waals surface area contributed by atoms with Gasteiger partial charge in [0.15, 0.2) is 18.9 Å². The van der Waals surface area contributed by atoms with E-state index in [4.69, 9.17) is 48.1 Å². The first-order chi connectivity index (χ1) is 30.2. The molecule has 30 heteroatoms. The number of carboxylic acid groups (broad SMARTS) is 1. The van der Waals surface area contributed by atoms with E-state index >= 15 is 0 Å². The van der Waals surface area contributed by atoms with Crippen molar-refractivity contribution in [3.63, 3.8) is 0 Å². The zero-order valence-electron chi connectivity index (χ0n) is 35.3. The van der Waals surface area contributed by atoms with Crippen LogP contribution < -0.4 is 5.11 Å². The lowest BCUT2D eigenvalue weighted by Gasteiger charge is -2.44. The van der Waals surface area contributed by atoms with Crippen molar-refractivity contribution >= 4 is 5.97 Å². The monoisotopic (exact) mass is 963 g/mol. The van der Waals surface area contributed by atoms with Gasteiger partial charge < -0.3 is 149 Å². The molecule has 0 aromatic carbocycles. The van der Waals surface area contributed by atoms with Crippen LogP contribution in [0.25, 0.3) is 0 Å². The number of aliphatic hydroxyl groups excluding tert-OH is 19. The minimum atomic E-state index is -2.36. The second-order valence-electron chi connectivity index (χ2n) is 16.8. The van der Waals surface area contributed by atoms with E-state index in [9.17, 15) is 96.7 Å². The number of hydrogen-bond acceptors (Lipinski definition) is 29. The average molecular weight is 964 g/mol. The van der Waals surface area contributed by atoms with Crippen LogP contribution in [0.2, 0.25) is 0 Å². The van der Waals surface area contributed by atoms with Gasteiger partial charge in [-0.3, -0.25) is 0 Å². The summed E-state index contributed by atoms with van der Waals surface area (Å²) in [6.07, 6.45) is -34.4. The topological polar surface area (TPSA) is 498 Å². The lowest BCUT2D eigenvalue weighted by Crippen LogP contribution is -2.63. The molecule has 0 radical (unpaired) electrons. The minimum Gasteiger partial charge on any atom is -0.544 e. The Morgan fingerprint density at radius 2 is 0.800 bits per heavy atom. The molecule has 5 heterocycles. The van der Waals surface area contributed by atoms with Gasteiger partial charge in [-0.05, 0) is 0 Å². The van der Waals surface area contributed by atoms with Gasteiger partial charge in [0.25, 0.3) is 0 Å². The number of hydrogen-bond donors (Lipinski definition) is 19. The van der Waals surface area contributed by atoms with Crippen molar-refractivity contribution in [3.05, 3.63) is 0 Å². The fourth-order valence-corrected chi connectivity index (χ4v) is 7.03. The van der Waals surface area contributed by atoms with E-state index in [1.807, 2.05) is 0 Å². The fourth-order valence-electron chi connectivity index (χ4n) is 7.03. The highest BCUT2D eigenvalue weighted by atomic mass is 16.8. The molecule has 0 aliphatic carbocycles. The lowest BCUT2D eigenvalue weighted by atomic mass is 9.98. The van der Waals surface area contributed by atoms with E-state index in [0.717, 1.165) is 0 Å². The molecule has 65 heavy (non-hydrogen) atoms. The van der Waals surface area contributed by atoms with E-state index in [0.29, 0.717) is 4.48 Å². The Morgan fingerprint density at radius 1 is 0.477 bits per heavy atom. The Bertz CT molecular complexity index is 1430. The van der Waals surface area contributed by atoms with Crippen LogP contribution in [0.3, 0.4) is 0 Å². The Labute approximate surface area is 369 Å². The van der Waals surface area contributed by atoms with Crippen LogP contribution in [-0.2, 0) is 42.7 Å². The minimum absolute atomic E-state index is 0.0694. The highest BCUT2D eigenvalue weighted by molar-refractivity contribution is 5.65. The van der Waals surface area contributed by atoms with Crippen LogP contribution in [0.1, 0.15) is 0 Å². The normalized spacial score (nSPS) is 46.8. The molecule has 384 valence electrons. The predicted molar refractivity (Wildman–Crippen MR) is 198 cm³/mol. The molecule has 5 fully saturated rings. The van der Waals surface area contributed by atoms with Crippen LogP contribution in [-0.4, -0.2) is 322 Å². The number of likely N-dealkylation sites (N-methyl/N-ethyl adjacent to an activating group) is 1. The highest BCUT2D eigenvalue weighted by Crippen LogP contribution is 2.38. The average Bonchev–Trinajstić information content (AvgIpc) is 3.65. The van der Waals surface area contributed by atoms with Gasteiger partial charge >= 0.3 is 0 Å². The summed E-state index contributed by atoms with van der Waals surface area (Å²) in [6, 6.07) is 0. The second-order valence-corrected chi connectivity index (χ2v) is 16.8. The molecule has 23 atom stereocenters. The maximum absolute atomic E-state index is 10.3. The van der Waals surface area contributed by atoms with E-state index < -0.39 is 193 Å². The van der Waals surface area contributed by atoms with Crippen LogP contribution in [0, 0.1) is 0 Å². The van der Waals surface area contributed by atoms with Crippen molar-refractivity contribution in [2.24, 2.45) is 0 Å². The summed E-state index contributed by atoms with van der Waals surface area (Å²) in [5, 5.41) is 195. The molecule has 5 saturated heterocycles. The quantitative estimate of drug-likeness (QED) is 0.0678. The van der Waals surface area contributed by atoms with Crippen LogP contribution in [0.5, 0.6) is 0 Å². The first-order valence-electron chi connectivity index (χ1n) is 20.0. The molecular weight excluding hydrogens is 898 g/mol. The maximum atomic E-state index is 10.3. The van der Waals surface area contributed by atoms with Crippen LogP contribution in [0.15, 0.2) is 0 Å². The summed E-state index contributed by atoms with van der Waals surface area (Å²) in [5.41, 5.74) is 0. The van der Waals surface area contributed by atoms with Crippen molar-refractivity contribution in [2.45, 2.75) is 140 Å². The van der Waals surface area contributed by atoms with Crippen molar-refractivity contribution in [2.75, 3.05) is 73.9 Å². The molecule has 0 bridgehead atoms. The van der Waals surface area contributed by atoms with Crippen molar-refractivity contribution in [1.29, 1.82) is 0 Å². The summed E-state index contributed by atoms with van der Waals surface area (Å²) in [4.78, 5) is 9.89. The van der Waals surface area contributed by atoms with E-state index in [2.05, 4.69) is 0 Å². The molecule has 30 nitrogen and oxygen atoms in total. The summed E-state index contributed by atoms with van der Waals surface area (Å²) in [6.45, 7) is -5.39. The number of nitrogens with zero attached hydrogens (tertiary/aromatic N) is 1. The largest absolute Gasteiger partial charge is 0.544 e. The number of quaternary nitrogens is 1. The van der Waals surface area contributed by atoms with Gasteiger partial charge in [-0.1, -0.05) is 0 Å². The SMILES string of the molecule is C[N+](C)(C)CC(=O)[O-].OC[C@H]1O[C@@](CO)(O[C@H]2O[C@H](CO)[C@@H](O)[C@H](O)[C@H]2O)[C@@H](O)[C@@H]1O.OC[C@H]1O[C@H](OC[C@H]2O[C@H](O[C@]3(CO)O[C@H](CO)[C@@H](O)[C@@H]3O)[C@H](O)[C@@H](O)[C@@H]2O)[C@H](O)[C@@H](O)[C@H]1O. The van der Waals surface area contributed by atoms with Crippen molar-refractivity contribution < 1.29 is 149 Å². The van der Waals surface area contributed by atoms with E-state index in [-0.39, 0.29) is 6.54 Å². The summed E-state index contributed by atoms with van der Waals surface area (Å²) in [7, 11) is 5.40. The van der Waals surface area contributed by atoms with Gasteiger partial charge in [-0.25, -0.2) is 0 Å². The Hall–Kier alpha value is -1.65. The predicted octanol–water partition coefficient (Wildman–Crippen LogP) is -14.5. The molecule has 5 rings (SSSR count). The molecule has 0 saturated carbocycles. The smallest absolute Gasteiger partial charge is 0.224 e. The molecule has 0 aromatic rings. The first kappa shape index (κ1) is 57.7. The second kappa shape index (κ2) is 24.3. The van der Waals surface area contributed by atoms with E-state index in [1.54, 1.807) is 21.1 Å². The van der Waals surface area contributed by atoms with Crippen molar-refractivity contribution in [3.8, 4) is 0 Å². The van der Waals surface area contributed by atoms with Gasteiger partial charge in [0.05, 0.1) is 60.1 Å². The Morgan fingerprint density at radius 3 is 1.09 bits per heavy atom. The molecule has 19 N–H and O–H groups in total. The van der Waals surface area contributed by atoms with Gasteiger partial charge in [0, 0.05) is 0 Å². The summed E-state index contributed by atoms with van der Waals surface area (Å²) >= 11 is 0. The molecule has 0 spiro atoms. The first-order valence-corrected chi connectivity index (χ1v) is 20.0. The molecule has 0 unspecified atom stereocenters. The Kier molecular flexibility index (Phi) is 21.5. The van der Waals surface area contributed by atoms with Crippen molar-refractivity contribution in [1.82, 2.24) is 0 Å². The highest BCUT2D eigenvalue weighted by Gasteiger charge is 2.60. The fraction of sp³-hybridized carbons (Fsp3) is 0.971. The third kappa shape index (κ3) is 13.4. The molecule has 0 amide bonds. The zero-order chi connectivity index (χ0) is 49.5. The third-order valence-corrected chi connectivity index (χ3v) is 10.8. The summed E-state index contributed by atoms with van der Waals surface area (Å²) in [5.74, 6) is -5.58. The lowest BCUT2D eigenvalue weighted by molar-refractivity contribution is -0.864. The number of aliphatic carboxylic acids is 1. The number of aliphatic hydroxyl groups is 19. The van der Waals surface area contributed by atoms with E-state index in [1.165, 1.54) is 0 Å². The number of ether oxygens (including phenoxy) is 8. The molecule has 5 aliphatic rings. The van der Waals surface area contributed by atoms with Crippen LogP contribution >= 0.6 is 0 Å². The Balaban J connectivity index is 0.000000311. The molecular formula is C35H65NO29. The third-order valence-electron chi connectivity index (χ3n) is 10.8. The van der Waals surface area contributed by atoms with Gasteiger partial charge in [-0.15, -0.1) is 0 Å².